The molecule has 0 radical (unpaired) electrons. The van der Waals surface area contributed by atoms with Gasteiger partial charge in [-0.2, -0.15) is 5.21 Å². The monoisotopic (exact) mass is 111 g/mol. The maximum Gasteiger partial charge on any atom is 0.260 e. The highest BCUT2D eigenvalue weighted by Gasteiger charge is 1.86. The molecule has 0 aromatic carbocycles. The predicted octanol–water partition coefficient (Wildman–Crippen LogP) is 0.141. The Bertz CT molecular complexity index is 190. The first-order valence-electron chi connectivity index (χ1n) is 1.72. The Kier molecular flexibility index (Phi) is 1.07. The van der Waals surface area contributed by atoms with E-state index in [2.05, 4.69) is 30.7 Å². The van der Waals surface area contributed by atoms with Gasteiger partial charge in [0.2, 0.25) is 0 Å². The van der Waals surface area contributed by atoms with E-state index in [9.17, 15) is 0 Å². The molecule has 0 aliphatic heterocycles. The molecule has 1 rings (SSSR count). The van der Waals surface area contributed by atoms with E-state index in [-0.39, 0.29) is 5.95 Å². The van der Waals surface area contributed by atoms with Gasteiger partial charge in [0.1, 0.15) is 0 Å². The minimum absolute atomic E-state index is 0.00694. The third-order valence-electron chi connectivity index (χ3n) is 0.468. The van der Waals surface area contributed by atoms with Crippen LogP contribution in [0.2, 0.25) is 0 Å². The average molecular weight is 111 g/mol. The fourth-order valence-electron chi connectivity index (χ4n) is 0.239. The molecule has 8 heavy (non-hydrogen) atoms. The van der Waals surface area contributed by atoms with Gasteiger partial charge in [0.15, 0.2) is 0 Å². The zero-order valence-corrected chi connectivity index (χ0v) is 3.68. The molecule has 1 heterocycles. The van der Waals surface area contributed by atoms with Crippen LogP contribution in [0.4, 0.5) is 5.95 Å². The predicted molar refractivity (Wildman–Crippen MR) is 23.0 cm³/mol. The van der Waals surface area contributed by atoms with Crippen LogP contribution in [0, 0.1) is 0 Å². The van der Waals surface area contributed by atoms with Crippen molar-refractivity contribution in [3.05, 3.63) is 10.4 Å². The molecule has 0 aliphatic rings. The van der Waals surface area contributed by atoms with Crippen molar-refractivity contribution in [3.63, 3.8) is 0 Å². The first-order valence-corrected chi connectivity index (χ1v) is 1.72. The van der Waals surface area contributed by atoms with E-state index in [0.717, 1.165) is 0 Å². The number of nitrogens with one attached hydrogen (secondary N) is 1. The molecular formula is CHN7. The van der Waals surface area contributed by atoms with Gasteiger partial charge >= 0.3 is 0 Å². The Hall–Kier alpha value is -1.62. The van der Waals surface area contributed by atoms with Gasteiger partial charge < -0.3 is 0 Å². The maximum absolute atomic E-state index is 7.77. The summed E-state index contributed by atoms with van der Waals surface area (Å²) in [6.07, 6.45) is 0. The Morgan fingerprint density at radius 3 is 3.12 bits per heavy atom. The molecule has 0 saturated heterocycles. The van der Waals surface area contributed by atoms with Crippen molar-refractivity contribution < 1.29 is 0 Å². The lowest BCUT2D eigenvalue weighted by Crippen LogP contribution is -1.64. The fourth-order valence-corrected chi connectivity index (χ4v) is 0.239. The van der Waals surface area contributed by atoms with Crippen LogP contribution in [-0.2, 0) is 0 Å². The smallest absolute Gasteiger partial charge is 0.177 e. The van der Waals surface area contributed by atoms with Crippen LogP contribution in [-0.4, -0.2) is 20.6 Å². The molecule has 0 saturated carbocycles. The topological polar surface area (TPSA) is 103 Å². The van der Waals surface area contributed by atoms with Gasteiger partial charge in [0.05, 0.1) is 0 Å². The van der Waals surface area contributed by atoms with Crippen molar-refractivity contribution in [1.82, 2.24) is 20.6 Å². The van der Waals surface area contributed by atoms with Gasteiger partial charge in [-0.15, -0.1) is 10.2 Å². The summed E-state index contributed by atoms with van der Waals surface area (Å²) >= 11 is 0. The second-order valence-electron chi connectivity index (χ2n) is 0.901. The standard InChI is InChI=1S/CHN7/c2-6-3-1-4-7-8-5-1/h(H,4,5,7,8). The lowest BCUT2D eigenvalue weighted by Gasteiger charge is -1.63. The summed E-state index contributed by atoms with van der Waals surface area (Å²) in [5.74, 6) is 0.00694. The highest BCUT2D eigenvalue weighted by molar-refractivity contribution is 5.04. The molecule has 0 amide bonds. The highest BCUT2D eigenvalue weighted by atomic mass is 15.5. The lowest BCUT2D eigenvalue weighted by atomic mass is 11.1. The Morgan fingerprint density at radius 2 is 2.62 bits per heavy atom. The summed E-state index contributed by atoms with van der Waals surface area (Å²) in [5.41, 5.74) is 7.77. The van der Waals surface area contributed by atoms with E-state index < -0.39 is 0 Å². The van der Waals surface area contributed by atoms with Crippen LogP contribution >= 0.6 is 0 Å². The molecule has 40 valence electrons. The van der Waals surface area contributed by atoms with Crippen molar-refractivity contribution >= 4 is 5.95 Å². The molecule has 1 N–H and O–H groups in total. The number of aromatic nitrogens is 4. The molecule has 7 heteroatoms. The van der Waals surface area contributed by atoms with E-state index in [4.69, 9.17) is 5.53 Å². The Balaban J connectivity index is 2.93. The number of H-pyrrole nitrogens is 1. The first-order chi connectivity index (χ1) is 3.93. The van der Waals surface area contributed by atoms with Gasteiger partial charge in [-0.05, 0) is 15.9 Å². The van der Waals surface area contributed by atoms with E-state index >= 15 is 0 Å². The molecule has 7 nitrogen and oxygen atoms in total. The quantitative estimate of drug-likeness (QED) is 0.316. The van der Waals surface area contributed by atoms with Crippen LogP contribution in [0.25, 0.3) is 10.4 Å². The second-order valence-corrected chi connectivity index (χ2v) is 0.901. The van der Waals surface area contributed by atoms with E-state index in [0.29, 0.717) is 0 Å². The summed E-state index contributed by atoms with van der Waals surface area (Å²) < 4.78 is 0. The Labute approximate surface area is 43.3 Å². The number of nitrogens with zero attached hydrogens (tertiary/aromatic N) is 6. The molecule has 1 aromatic rings. The number of azide groups is 1. The first kappa shape index (κ1) is 4.54. The van der Waals surface area contributed by atoms with Crippen molar-refractivity contribution in [2.45, 2.75) is 0 Å². The summed E-state index contributed by atoms with van der Waals surface area (Å²) in [4.78, 5) is 2.42. The highest BCUT2D eigenvalue weighted by Crippen LogP contribution is 1.94. The maximum atomic E-state index is 7.77. The van der Waals surface area contributed by atoms with Gasteiger partial charge in [-0.25, -0.2) is 0 Å². The van der Waals surface area contributed by atoms with Crippen LogP contribution in [0.3, 0.4) is 0 Å². The number of hydrogen-bond donors (Lipinski definition) is 1. The van der Waals surface area contributed by atoms with Gasteiger partial charge in [-0.3, -0.25) is 0 Å². The van der Waals surface area contributed by atoms with E-state index in [1.807, 2.05) is 0 Å². The fraction of sp³-hybridized carbons (Fsp3) is 0. The van der Waals surface area contributed by atoms with Crippen LogP contribution in [0.5, 0.6) is 0 Å². The number of aromatic amines is 1. The second kappa shape index (κ2) is 1.90. The average Bonchev–Trinajstić information content (AvgIpc) is 2.19. The third kappa shape index (κ3) is 0.713. The van der Waals surface area contributed by atoms with Crippen molar-refractivity contribution in [2.75, 3.05) is 0 Å². The molecule has 0 fully saturated rings. The summed E-state index contributed by atoms with van der Waals surface area (Å²) in [6.45, 7) is 0. The SMILES string of the molecule is [N-]=[N+]=Nc1nn[nH]n1. The van der Waals surface area contributed by atoms with E-state index in [1.165, 1.54) is 0 Å². The number of tetrazole rings is 1. The molecule has 1 aromatic heterocycles. The van der Waals surface area contributed by atoms with Gasteiger partial charge in [0.25, 0.3) is 5.95 Å². The third-order valence-corrected chi connectivity index (χ3v) is 0.468. The number of hydrogen-bond acceptors (Lipinski definition) is 4. The minimum atomic E-state index is 0.00694. The summed E-state index contributed by atoms with van der Waals surface area (Å²) in [5, 5.41) is 15.0. The minimum Gasteiger partial charge on any atom is -0.177 e. The summed E-state index contributed by atoms with van der Waals surface area (Å²) in [6, 6.07) is 0. The Morgan fingerprint density at radius 1 is 1.75 bits per heavy atom. The van der Waals surface area contributed by atoms with Crippen LogP contribution in [0.1, 0.15) is 0 Å². The van der Waals surface area contributed by atoms with Gasteiger partial charge in [-0.1, -0.05) is 0 Å². The number of rotatable bonds is 1. The molecule has 0 bridgehead atoms. The van der Waals surface area contributed by atoms with Crippen molar-refractivity contribution in [3.8, 4) is 0 Å². The normalized spacial score (nSPS) is 8.00. The molecule has 0 spiro atoms. The van der Waals surface area contributed by atoms with E-state index in [1.54, 1.807) is 0 Å². The lowest BCUT2D eigenvalue weighted by molar-refractivity contribution is 0.881. The van der Waals surface area contributed by atoms with Crippen LogP contribution in [0.15, 0.2) is 5.11 Å². The van der Waals surface area contributed by atoms with Crippen LogP contribution < -0.4 is 0 Å². The van der Waals surface area contributed by atoms with Crippen molar-refractivity contribution in [1.29, 1.82) is 0 Å². The molecular weight excluding hydrogens is 110 g/mol. The molecule has 0 aliphatic carbocycles. The summed E-state index contributed by atoms with van der Waals surface area (Å²) in [7, 11) is 0. The largest absolute Gasteiger partial charge is 0.260 e. The zero-order valence-electron chi connectivity index (χ0n) is 3.68. The van der Waals surface area contributed by atoms with Crippen molar-refractivity contribution in [2.24, 2.45) is 5.11 Å². The van der Waals surface area contributed by atoms with Gasteiger partial charge in [0, 0.05) is 4.91 Å². The zero-order chi connectivity index (χ0) is 5.82. The molecule has 0 atom stereocenters. The molecule has 0 unspecified atom stereocenters.